The Morgan fingerprint density at radius 2 is 1.97 bits per heavy atom. The fraction of sp³-hybridized carbons (Fsp3) is 0.357. The van der Waals surface area contributed by atoms with Crippen molar-refractivity contribution in [2.24, 2.45) is 11.8 Å². The number of ether oxygens (including phenoxy) is 2. The van der Waals surface area contributed by atoms with Crippen LogP contribution in [-0.2, 0) is 20.9 Å². The molecule has 0 amide bonds. The molecule has 0 saturated carbocycles. The third-order valence-corrected chi connectivity index (χ3v) is 7.08. The highest BCUT2D eigenvalue weighted by molar-refractivity contribution is 5.83. The van der Waals surface area contributed by atoms with Crippen LogP contribution in [0, 0.1) is 11.8 Å². The van der Waals surface area contributed by atoms with E-state index in [4.69, 9.17) is 9.47 Å². The van der Waals surface area contributed by atoms with Crippen LogP contribution in [0.5, 0.6) is 0 Å². The lowest BCUT2D eigenvalue weighted by Crippen LogP contribution is -2.55. The molecule has 3 saturated heterocycles. The van der Waals surface area contributed by atoms with Crippen molar-refractivity contribution in [2.45, 2.75) is 31.6 Å². The van der Waals surface area contributed by atoms with Gasteiger partial charge >= 0.3 is 5.97 Å². The second-order valence-electron chi connectivity index (χ2n) is 9.05. The Bertz CT molecular complexity index is 1110. The zero-order valence-electron chi connectivity index (χ0n) is 18.8. The third-order valence-electron chi connectivity index (χ3n) is 7.08. The van der Waals surface area contributed by atoms with E-state index in [2.05, 4.69) is 28.6 Å². The Morgan fingerprint density at radius 3 is 2.76 bits per heavy atom. The Labute approximate surface area is 195 Å². The average molecular weight is 443 g/mol. The van der Waals surface area contributed by atoms with Crippen molar-refractivity contribution >= 4 is 16.9 Å². The topological polar surface area (TPSA) is 51.7 Å². The van der Waals surface area contributed by atoms with Crippen molar-refractivity contribution in [3.05, 3.63) is 90.6 Å². The molecule has 170 valence electrons. The predicted molar refractivity (Wildman–Crippen MR) is 128 cm³/mol. The van der Waals surface area contributed by atoms with Crippen LogP contribution < -0.4 is 0 Å². The lowest BCUT2D eigenvalue weighted by Gasteiger charge is -2.51. The van der Waals surface area contributed by atoms with E-state index in [9.17, 15) is 4.79 Å². The number of piperidine rings is 3. The Kier molecular flexibility index (Phi) is 6.51. The van der Waals surface area contributed by atoms with Crippen LogP contribution in [0.15, 0.2) is 79.5 Å². The van der Waals surface area contributed by atoms with Crippen molar-refractivity contribution in [3.63, 3.8) is 0 Å². The minimum atomic E-state index is -0.362. The van der Waals surface area contributed by atoms with Crippen molar-refractivity contribution in [3.8, 4) is 0 Å². The van der Waals surface area contributed by atoms with Gasteiger partial charge in [-0.1, -0.05) is 54.6 Å². The van der Waals surface area contributed by atoms with Gasteiger partial charge in [-0.25, -0.2) is 4.79 Å². The highest BCUT2D eigenvalue weighted by Gasteiger charge is 2.44. The summed E-state index contributed by atoms with van der Waals surface area (Å²) in [4.78, 5) is 19.9. The number of rotatable bonds is 8. The molecule has 3 aliphatic heterocycles. The zero-order valence-corrected chi connectivity index (χ0v) is 18.8. The number of aromatic nitrogens is 1. The highest BCUT2D eigenvalue weighted by atomic mass is 16.6. The van der Waals surface area contributed by atoms with Crippen LogP contribution in [0.4, 0.5) is 0 Å². The van der Waals surface area contributed by atoms with E-state index in [0.29, 0.717) is 18.4 Å². The zero-order chi connectivity index (χ0) is 22.6. The minimum Gasteiger partial charge on any atom is -0.454 e. The lowest BCUT2D eigenvalue weighted by atomic mass is 9.73. The van der Waals surface area contributed by atoms with Crippen molar-refractivity contribution in [1.82, 2.24) is 9.88 Å². The number of esters is 1. The second kappa shape index (κ2) is 9.86. The van der Waals surface area contributed by atoms with Crippen LogP contribution in [0.3, 0.4) is 0 Å². The summed E-state index contributed by atoms with van der Waals surface area (Å²) in [5.74, 6) is 0.760. The van der Waals surface area contributed by atoms with Gasteiger partial charge in [-0.3, -0.25) is 9.88 Å². The van der Waals surface area contributed by atoms with E-state index in [1.54, 1.807) is 0 Å². The summed E-state index contributed by atoms with van der Waals surface area (Å²) in [5.41, 5.74) is 2.97. The van der Waals surface area contributed by atoms with Gasteiger partial charge in [-0.2, -0.15) is 0 Å². The fourth-order valence-corrected chi connectivity index (χ4v) is 5.41. The number of fused-ring (bicyclic) bond motifs is 4. The minimum absolute atomic E-state index is 0.0696. The summed E-state index contributed by atoms with van der Waals surface area (Å²) in [5, 5.41) is 1.03. The Hall–Kier alpha value is -3.02. The first kappa shape index (κ1) is 21.8. The van der Waals surface area contributed by atoms with Crippen LogP contribution in [0.25, 0.3) is 10.9 Å². The number of pyridine rings is 1. The SMILES string of the molecule is C=CC1CN2CCC1CC2C(OC(=O)COCc1ccccc1)c1ccnc2ccccc12. The second-order valence-corrected chi connectivity index (χ2v) is 9.05. The van der Waals surface area contributed by atoms with E-state index in [1.165, 1.54) is 6.42 Å². The van der Waals surface area contributed by atoms with Gasteiger partial charge in [-0.05, 0) is 48.9 Å². The smallest absolute Gasteiger partial charge is 0.332 e. The van der Waals surface area contributed by atoms with Crippen molar-refractivity contribution < 1.29 is 14.3 Å². The monoisotopic (exact) mass is 442 g/mol. The summed E-state index contributed by atoms with van der Waals surface area (Å²) in [6.45, 7) is 6.36. The molecule has 4 heterocycles. The summed E-state index contributed by atoms with van der Waals surface area (Å²) >= 11 is 0. The first-order valence-electron chi connectivity index (χ1n) is 11.7. The van der Waals surface area contributed by atoms with Crippen LogP contribution in [0.1, 0.15) is 30.1 Å². The summed E-state index contributed by atoms with van der Waals surface area (Å²) in [6.07, 6.45) is 5.71. The maximum atomic E-state index is 12.9. The number of carbonyl (C=O) groups is 1. The maximum Gasteiger partial charge on any atom is 0.332 e. The van der Waals surface area contributed by atoms with E-state index in [0.717, 1.165) is 41.5 Å². The molecule has 2 aromatic carbocycles. The van der Waals surface area contributed by atoms with Crippen molar-refractivity contribution in [2.75, 3.05) is 19.7 Å². The molecule has 0 N–H and O–H groups in total. The van der Waals surface area contributed by atoms with Crippen molar-refractivity contribution in [1.29, 1.82) is 0 Å². The number of carbonyl (C=O) groups excluding carboxylic acids is 1. The van der Waals surface area contributed by atoms with Crippen LogP contribution in [-0.4, -0.2) is 41.6 Å². The summed E-state index contributed by atoms with van der Waals surface area (Å²) in [6, 6.07) is 20.1. The molecular weight excluding hydrogens is 412 g/mol. The molecule has 0 aliphatic carbocycles. The van der Waals surface area contributed by atoms with Crippen LogP contribution in [0.2, 0.25) is 0 Å². The molecule has 0 spiro atoms. The largest absolute Gasteiger partial charge is 0.454 e. The van der Waals surface area contributed by atoms with E-state index >= 15 is 0 Å². The van der Waals surface area contributed by atoms with Gasteiger partial charge in [0.25, 0.3) is 0 Å². The first-order valence-corrected chi connectivity index (χ1v) is 11.7. The fourth-order valence-electron chi connectivity index (χ4n) is 5.41. The normalized spacial score (nSPS) is 25.0. The van der Waals surface area contributed by atoms with Gasteiger partial charge in [0, 0.05) is 23.7 Å². The molecule has 0 radical (unpaired) electrons. The summed E-state index contributed by atoms with van der Waals surface area (Å²) in [7, 11) is 0. The molecule has 5 unspecified atom stereocenters. The van der Waals surface area contributed by atoms with E-state index in [1.807, 2.05) is 60.8 Å². The number of hydrogen-bond donors (Lipinski definition) is 0. The molecule has 3 fully saturated rings. The first-order chi connectivity index (χ1) is 16.2. The van der Waals surface area contributed by atoms with Gasteiger partial charge in [0.15, 0.2) is 0 Å². The molecule has 33 heavy (non-hydrogen) atoms. The number of hydrogen-bond acceptors (Lipinski definition) is 5. The molecule has 2 bridgehead atoms. The molecule has 3 aliphatic rings. The molecule has 5 atom stereocenters. The number of benzene rings is 2. The summed E-state index contributed by atoms with van der Waals surface area (Å²) < 4.78 is 11.9. The van der Waals surface area contributed by atoms with Gasteiger partial charge in [0.1, 0.15) is 12.7 Å². The van der Waals surface area contributed by atoms with E-state index < -0.39 is 0 Å². The molecule has 3 aromatic rings. The highest BCUT2D eigenvalue weighted by Crippen LogP contribution is 2.43. The Morgan fingerprint density at radius 1 is 1.15 bits per heavy atom. The molecule has 5 nitrogen and oxygen atoms in total. The molecule has 5 heteroatoms. The molecule has 1 aromatic heterocycles. The Balaban J connectivity index is 1.37. The van der Waals surface area contributed by atoms with Gasteiger partial charge in [0.05, 0.1) is 18.2 Å². The number of para-hydroxylation sites is 1. The molecular formula is C28H30N2O3. The molecule has 6 rings (SSSR count). The van der Waals surface area contributed by atoms with Crippen LogP contribution >= 0.6 is 0 Å². The predicted octanol–water partition coefficient (Wildman–Crippen LogP) is 4.93. The van der Waals surface area contributed by atoms with Gasteiger partial charge in [0.2, 0.25) is 0 Å². The number of nitrogens with zero attached hydrogens (tertiary/aromatic N) is 2. The van der Waals surface area contributed by atoms with E-state index in [-0.39, 0.29) is 24.7 Å². The standard InChI is InChI=1S/C28H30N2O3/c1-2-21-17-30-15-13-22(21)16-26(30)28(24-12-14-29-25-11-7-6-10-23(24)25)33-27(31)19-32-18-20-8-4-3-5-9-20/h2-12,14,21-22,26,28H,1,13,15-19H2. The van der Waals surface area contributed by atoms with Gasteiger partial charge in [-0.15, -0.1) is 6.58 Å². The van der Waals surface area contributed by atoms with Gasteiger partial charge < -0.3 is 9.47 Å². The lowest BCUT2D eigenvalue weighted by molar-refractivity contribution is -0.162. The average Bonchev–Trinajstić information content (AvgIpc) is 2.88. The quantitative estimate of drug-likeness (QED) is 0.366. The third kappa shape index (κ3) is 4.70. The maximum absolute atomic E-state index is 12.9.